The van der Waals surface area contributed by atoms with Crippen molar-refractivity contribution >= 4 is 40.2 Å². The molecule has 0 saturated carbocycles. The van der Waals surface area contributed by atoms with Crippen molar-refractivity contribution in [3.8, 4) is 0 Å². The first kappa shape index (κ1) is 15.3. The summed E-state index contributed by atoms with van der Waals surface area (Å²) in [5, 5.41) is 0.493. The van der Waals surface area contributed by atoms with Crippen LogP contribution < -0.4 is 5.43 Å². The third-order valence-corrected chi connectivity index (χ3v) is 3.70. The van der Waals surface area contributed by atoms with Crippen molar-refractivity contribution < 1.29 is 14.0 Å². The lowest BCUT2D eigenvalue weighted by molar-refractivity contribution is -0.109. The summed E-state index contributed by atoms with van der Waals surface area (Å²) in [5.41, 5.74) is 0.996. The average molecular weight is 302 g/mol. The molecule has 0 saturated heterocycles. The fraction of sp³-hybridized carbons (Fsp3) is 0.188. The van der Waals surface area contributed by atoms with Gasteiger partial charge < -0.3 is 4.42 Å². The van der Waals surface area contributed by atoms with E-state index >= 15 is 0 Å². The van der Waals surface area contributed by atoms with Crippen molar-refractivity contribution in [1.29, 1.82) is 0 Å². The topological polar surface area (TPSA) is 64.3 Å². The lowest BCUT2D eigenvalue weighted by atomic mass is 10.1. The van der Waals surface area contributed by atoms with E-state index in [1.54, 1.807) is 19.1 Å². The number of carbonyl (C=O) groups is 2. The number of carbonyl (C=O) groups excluding carboxylic acids is 2. The van der Waals surface area contributed by atoms with Gasteiger partial charge in [0.05, 0.1) is 10.9 Å². The van der Waals surface area contributed by atoms with Crippen LogP contribution in [0.25, 0.3) is 17.0 Å². The first-order valence-electron chi connectivity index (χ1n) is 6.42. The van der Waals surface area contributed by atoms with E-state index < -0.39 is 0 Å². The molecule has 0 aliphatic carbocycles. The largest absolute Gasteiger partial charge is 0.463 e. The molecule has 0 aliphatic rings. The van der Waals surface area contributed by atoms with Crippen molar-refractivity contribution in [3.05, 3.63) is 51.9 Å². The highest BCUT2D eigenvalue weighted by molar-refractivity contribution is 8.13. The molecule has 1 heterocycles. The van der Waals surface area contributed by atoms with Crippen LogP contribution in [0.3, 0.4) is 0 Å². The Labute approximate surface area is 125 Å². The minimum Gasteiger partial charge on any atom is -0.463 e. The third-order valence-electron chi connectivity index (χ3n) is 2.85. The zero-order chi connectivity index (χ0) is 15.2. The van der Waals surface area contributed by atoms with Gasteiger partial charge in [-0.25, -0.2) is 0 Å². The predicted octanol–water partition coefficient (Wildman–Crippen LogP) is 3.29. The normalized spacial score (nSPS) is 11.1. The number of rotatable bonds is 5. The standard InChI is InChI=1S/C16H14O4S/c1-11(18)21-7-3-2-4-12-5-6-15-14(8-12)16(19)13(9-17)10-20-15/h2,4-6,8-10H,3,7H2,1H3. The van der Waals surface area contributed by atoms with E-state index in [0.717, 1.165) is 17.7 Å². The highest BCUT2D eigenvalue weighted by atomic mass is 32.2. The second kappa shape index (κ2) is 7.04. The minimum atomic E-state index is -0.325. The number of allylic oxidation sites excluding steroid dienone is 1. The molecule has 2 aromatic rings. The second-order valence-corrected chi connectivity index (χ2v) is 5.70. The van der Waals surface area contributed by atoms with Gasteiger partial charge in [0.25, 0.3) is 0 Å². The summed E-state index contributed by atoms with van der Waals surface area (Å²) in [6, 6.07) is 5.23. The highest BCUT2D eigenvalue weighted by Crippen LogP contribution is 2.15. The summed E-state index contributed by atoms with van der Waals surface area (Å²) in [6.07, 6.45) is 6.26. The number of hydrogen-bond donors (Lipinski definition) is 0. The Bertz CT molecular complexity index is 758. The lowest BCUT2D eigenvalue weighted by Gasteiger charge is -1.99. The zero-order valence-electron chi connectivity index (χ0n) is 11.5. The fourth-order valence-electron chi connectivity index (χ4n) is 1.84. The number of fused-ring (bicyclic) bond motifs is 1. The van der Waals surface area contributed by atoms with Gasteiger partial charge in [0.15, 0.2) is 11.4 Å². The van der Waals surface area contributed by atoms with E-state index in [0.29, 0.717) is 17.3 Å². The minimum absolute atomic E-state index is 0.0153. The molecule has 0 atom stereocenters. The van der Waals surface area contributed by atoms with Crippen LogP contribution in [0.2, 0.25) is 0 Å². The summed E-state index contributed by atoms with van der Waals surface area (Å²) in [5.74, 6) is 0.733. The first-order chi connectivity index (χ1) is 10.1. The van der Waals surface area contributed by atoms with Gasteiger partial charge in [-0.1, -0.05) is 30.0 Å². The van der Waals surface area contributed by atoms with Crippen molar-refractivity contribution in [2.24, 2.45) is 0 Å². The molecule has 1 aromatic heterocycles. The van der Waals surface area contributed by atoms with Crippen LogP contribution in [0, 0.1) is 0 Å². The Morgan fingerprint density at radius 2 is 2.19 bits per heavy atom. The van der Waals surface area contributed by atoms with Gasteiger partial charge in [-0.3, -0.25) is 14.4 Å². The van der Waals surface area contributed by atoms with Crippen LogP contribution in [-0.4, -0.2) is 17.2 Å². The van der Waals surface area contributed by atoms with E-state index in [4.69, 9.17) is 4.42 Å². The van der Waals surface area contributed by atoms with E-state index in [9.17, 15) is 14.4 Å². The Morgan fingerprint density at radius 3 is 2.90 bits per heavy atom. The number of benzene rings is 1. The maximum atomic E-state index is 12.0. The molecule has 4 nitrogen and oxygen atoms in total. The fourth-order valence-corrected chi connectivity index (χ4v) is 2.38. The maximum absolute atomic E-state index is 12.0. The van der Waals surface area contributed by atoms with Crippen molar-refractivity contribution in [2.45, 2.75) is 13.3 Å². The van der Waals surface area contributed by atoms with Gasteiger partial charge in [-0.05, 0) is 24.1 Å². The van der Waals surface area contributed by atoms with Crippen LogP contribution in [-0.2, 0) is 4.79 Å². The molecule has 2 rings (SSSR count). The zero-order valence-corrected chi connectivity index (χ0v) is 12.3. The molecule has 21 heavy (non-hydrogen) atoms. The van der Waals surface area contributed by atoms with Crippen LogP contribution in [0.15, 0.2) is 39.7 Å². The molecule has 5 heteroatoms. The van der Waals surface area contributed by atoms with Crippen LogP contribution in [0.4, 0.5) is 0 Å². The third kappa shape index (κ3) is 3.92. The van der Waals surface area contributed by atoms with Gasteiger partial charge in [0.1, 0.15) is 11.8 Å². The number of aldehydes is 1. The molecule has 108 valence electrons. The Kier molecular flexibility index (Phi) is 5.11. The van der Waals surface area contributed by atoms with Gasteiger partial charge in [0, 0.05) is 12.7 Å². The van der Waals surface area contributed by atoms with E-state index in [-0.39, 0.29) is 16.1 Å². The maximum Gasteiger partial charge on any atom is 0.203 e. The summed E-state index contributed by atoms with van der Waals surface area (Å²) >= 11 is 1.28. The Morgan fingerprint density at radius 1 is 1.38 bits per heavy atom. The number of thioether (sulfide) groups is 1. The Balaban J connectivity index is 2.20. The molecule has 0 spiro atoms. The van der Waals surface area contributed by atoms with Gasteiger partial charge in [-0.15, -0.1) is 0 Å². The van der Waals surface area contributed by atoms with Crippen LogP contribution in [0.1, 0.15) is 29.3 Å². The molecule has 0 N–H and O–H groups in total. The summed E-state index contributed by atoms with van der Waals surface area (Å²) in [7, 11) is 0. The van der Waals surface area contributed by atoms with Gasteiger partial charge in [0.2, 0.25) is 5.43 Å². The first-order valence-corrected chi connectivity index (χ1v) is 7.41. The second-order valence-electron chi connectivity index (χ2n) is 4.42. The van der Waals surface area contributed by atoms with E-state index in [1.807, 2.05) is 18.2 Å². The molecule has 0 unspecified atom stereocenters. The Hall–Kier alpha value is -2.14. The molecule has 0 aliphatic heterocycles. The predicted molar refractivity (Wildman–Crippen MR) is 84.7 cm³/mol. The van der Waals surface area contributed by atoms with Crippen molar-refractivity contribution in [1.82, 2.24) is 0 Å². The molecule has 0 bridgehead atoms. The van der Waals surface area contributed by atoms with Crippen molar-refractivity contribution in [2.75, 3.05) is 5.75 Å². The summed E-state index contributed by atoms with van der Waals surface area (Å²) in [4.78, 5) is 33.5. The highest BCUT2D eigenvalue weighted by Gasteiger charge is 2.06. The molecule has 1 aromatic carbocycles. The average Bonchev–Trinajstić information content (AvgIpc) is 2.47. The molecular formula is C16H14O4S. The van der Waals surface area contributed by atoms with Crippen molar-refractivity contribution in [3.63, 3.8) is 0 Å². The summed E-state index contributed by atoms with van der Waals surface area (Å²) < 4.78 is 5.24. The number of hydrogen-bond acceptors (Lipinski definition) is 5. The monoisotopic (exact) mass is 302 g/mol. The molecule has 0 amide bonds. The van der Waals surface area contributed by atoms with Crippen LogP contribution in [0.5, 0.6) is 0 Å². The van der Waals surface area contributed by atoms with E-state index in [2.05, 4.69) is 0 Å². The van der Waals surface area contributed by atoms with Gasteiger partial charge in [-0.2, -0.15) is 0 Å². The smallest absolute Gasteiger partial charge is 0.203 e. The lowest BCUT2D eigenvalue weighted by Crippen LogP contribution is -2.07. The van der Waals surface area contributed by atoms with E-state index in [1.165, 1.54) is 18.0 Å². The summed E-state index contributed by atoms with van der Waals surface area (Å²) in [6.45, 7) is 1.54. The molecule has 0 fully saturated rings. The van der Waals surface area contributed by atoms with Gasteiger partial charge >= 0.3 is 0 Å². The SMILES string of the molecule is CC(=O)SCCC=Cc1ccc2occ(C=O)c(=O)c2c1. The molecule has 0 radical (unpaired) electrons. The quantitative estimate of drug-likeness (QED) is 0.626. The van der Waals surface area contributed by atoms with Crippen LogP contribution >= 0.6 is 11.8 Å². The molecular weight excluding hydrogens is 288 g/mol.